The first kappa shape index (κ1) is 12.3. The van der Waals surface area contributed by atoms with Crippen LogP contribution in [0.15, 0.2) is 0 Å². The van der Waals surface area contributed by atoms with Gasteiger partial charge in [0.25, 0.3) is 0 Å². The van der Waals surface area contributed by atoms with Gasteiger partial charge in [-0.3, -0.25) is 4.84 Å². The minimum atomic E-state index is -0.468. The third-order valence-corrected chi connectivity index (χ3v) is 2.29. The highest BCUT2D eigenvalue weighted by Crippen LogP contribution is 2.23. The molecular weight excluding hydrogens is 194 g/mol. The van der Waals surface area contributed by atoms with Gasteiger partial charge in [-0.2, -0.15) is 5.06 Å². The van der Waals surface area contributed by atoms with Crippen molar-refractivity contribution in [2.24, 2.45) is 5.92 Å². The van der Waals surface area contributed by atoms with E-state index in [0.717, 1.165) is 6.42 Å². The Hall–Kier alpha value is -0.770. The summed E-state index contributed by atoms with van der Waals surface area (Å²) in [4.78, 5) is 17.0. The number of carbonyl (C=O) groups is 1. The van der Waals surface area contributed by atoms with Gasteiger partial charge >= 0.3 is 6.09 Å². The molecule has 0 aromatic carbocycles. The molecule has 1 saturated heterocycles. The summed E-state index contributed by atoms with van der Waals surface area (Å²) >= 11 is 0. The zero-order valence-electron chi connectivity index (χ0n) is 10.2. The van der Waals surface area contributed by atoms with Crippen molar-refractivity contribution >= 4 is 6.09 Å². The summed E-state index contributed by atoms with van der Waals surface area (Å²) in [6, 6.07) is 0.139. The molecule has 0 bridgehead atoms. The van der Waals surface area contributed by atoms with Crippen LogP contribution in [-0.4, -0.2) is 29.4 Å². The molecule has 0 aromatic rings. The molecule has 0 aromatic heterocycles. The van der Waals surface area contributed by atoms with Gasteiger partial charge in [0.05, 0.1) is 12.6 Å². The maximum atomic E-state index is 11.8. The fraction of sp³-hybridized carbons (Fsp3) is 0.909. The van der Waals surface area contributed by atoms with E-state index in [1.54, 1.807) is 0 Å². The topological polar surface area (TPSA) is 38.8 Å². The minimum absolute atomic E-state index is 0.139. The van der Waals surface area contributed by atoms with Gasteiger partial charge in [0.2, 0.25) is 0 Å². The molecular formula is C11H21NO3. The van der Waals surface area contributed by atoms with Crippen LogP contribution in [0.3, 0.4) is 0 Å². The quantitative estimate of drug-likeness (QED) is 0.674. The number of hydroxylamine groups is 2. The van der Waals surface area contributed by atoms with Crippen LogP contribution in [0.1, 0.15) is 41.0 Å². The summed E-state index contributed by atoms with van der Waals surface area (Å²) in [7, 11) is 0. The second kappa shape index (κ2) is 4.39. The Labute approximate surface area is 91.5 Å². The van der Waals surface area contributed by atoms with E-state index in [9.17, 15) is 4.79 Å². The number of amides is 1. The molecule has 1 fully saturated rings. The minimum Gasteiger partial charge on any atom is -0.442 e. The van der Waals surface area contributed by atoms with E-state index >= 15 is 0 Å². The van der Waals surface area contributed by atoms with Gasteiger partial charge in [0.1, 0.15) is 5.60 Å². The predicted molar refractivity (Wildman–Crippen MR) is 57.3 cm³/mol. The smallest absolute Gasteiger partial charge is 0.434 e. The average molecular weight is 215 g/mol. The maximum Gasteiger partial charge on any atom is 0.434 e. The number of hydrogen-bond donors (Lipinski definition) is 0. The van der Waals surface area contributed by atoms with Crippen molar-refractivity contribution in [1.29, 1.82) is 0 Å². The number of hydrogen-bond acceptors (Lipinski definition) is 3. The molecule has 15 heavy (non-hydrogen) atoms. The van der Waals surface area contributed by atoms with Gasteiger partial charge in [-0.05, 0) is 33.1 Å². The molecule has 88 valence electrons. The summed E-state index contributed by atoms with van der Waals surface area (Å²) in [5.74, 6) is 0.389. The van der Waals surface area contributed by atoms with Crippen LogP contribution in [0, 0.1) is 5.92 Å². The first-order chi connectivity index (χ1) is 6.81. The van der Waals surface area contributed by atoms with Crippen LogP contribution in [0.25, 0.3) is 0 Å². The van der Waals surface area contributed by atoms with Gasteiger partial charge in [-0.25, -0.2) is 4.79 Å². The zero-order valence-corrected chi connectivity index (χ0v) is 10.2. The molecule has 0 spiro atoms. The van der Waals surface area contributed by atoms with E-state index in [0.29, 0.717) is 12.5 Å². The van der Waals surface area contributed by atoms with Crippen molar-refractivity contribution in [3.05, 3.63) is 0 Å². The van der Waals surface area contributed by atoms with Gasteiger partial charge in [0, 0.05) is 0 Å². The predicted octanol–water partition coefficient (Wildman–Crippen LogP) is 2.58. The molecule has 4 heteroatoms. The fourth-order valence-corrected chi connectivity index (χ4v) is 1.58. The van der Waals surface area contributed by atoms with Gasteiger partial charge < -0.3 is 4.74 Å². The van der Waals surface area contributed by atoms with Gasteiger partial charge in [-0.1, -0.05) is 13.8 Å². The van der Waals surface area contributed by atoms with E-state index in [4.69, 9.17) is 9.57 Å². The van der Waals surface area contributed by atoms with Crippen LogP contribution in [-0.2, 0) is 9.57 Å². The standard InChI is InChI=1S/C11H21NO3/c1-8(2)9-6-7-14-12(9)10(13)15-11(3,4)5/h8-9H,6-7H2,1-5H3/t9-/m1/s1. The van der Waals surface area contributed by atoms with Gasteiger partial charge in [-0.15, -0.1) is 0 Å². The maximum absolute atomic E-state index is 11.8. The van der Waals surface area contributed by atoms with Crippen LogP contribution in [0.5, 0.6) is 0 Å². The summed E-state index contributed by atoms with van der Waals surface area (Å²) in [5.41, 5.74) is -0.468. The Balaban J connectivity index is 2.59. The summed E-state index contributed by atoms with van der Waals surface area (Å²) < 4.78 is 5.26. The van der Waals surface area contributed by atoms with Crippen molar-refractivity contribution in [3.63, 3.8) is 0 Å². The fourth-order valence-electron chi connectivity index (χ4n) is 1.58. The molecule has 1 aliphatic heterocycles. The molecule has 1 rings (SSSR count). The number of nitrogens with zero attached hydrogens (tertiary/aromatic N) is 1. The molecule has 1 aliphatic rings. The van der Waals surface area contributed by atoms with E-state index in [1.165, 1.54) is 5.06 Å². The number of ether oxygens (including phenoxy) is 1. The Bertz CT molecular complexity index is 232. The molecule has 0 unspecified atom stereocenters. The van der Waals surface area contributed by atoms with E-state index in [1.807, 2.05) is 20.8 Å². The first-order valence-corrected chi connectivity index (χ1v) is 5.46. The molecule has 0 N–H and O–H groups in total. The van der Waals surface area contributed by atoms with Crippen LogP contribution < -0.4 is 0 Å². The zero-order chi connectivity index (χ0) is 11.6. The van der Waals surface area contributed by atoms with Crippen molar-refractivity contribution in [3.8, 4) is 0 Å². The van der Waals surface area contributed by atoms with Crippen molar-refractivity contribution < 1.29 is 14.4 Å². The third-order valence-electron chi connectivity index (χ3n) is 2.29. The molecule has 1 atom stereocenters. The van der Waals surface area contributed by atoms with Gasteiger partial charge in [0.15, 0.2) is 0 Å². The van der Waals surface area contributed by atoms with E-state index < -0.39 is 5.60 Å². The Morgan fingerprint density at radius 3 is 2.53 bits per heavy atom. The third kappa shape index (κ3) is 3.38. The average Bonchev–Trinajstić information content (AvgIpc) is 2.47. The lowest BCUT2D eigenvalue weighted by molar-refractivity contribution is -0.130. The van der Waals surface area contributed by atoms with E-state index in [2.05, 4.69) is 13.8 Å². The lowest BCUT2D eigenvalue weighted by Crippen LogP contribution is -2.41. The second-order valence-corrected chi connectivity index (χ2v) is 5.24. The Morgan fingerprint density at radius 1 is 1.47 bits per heavy atom. The van der Waals surface area contributed by atoms with Crippen molar-refractivity contribution in [1.82, 2.24) is 5.06 Å². The molecule has 1 amide bonds. The van der Waals surface area contributed by atoms with Crippen molar-refractivity contribution in [2.75, 3.05) is 6.61 Å². The Kier molecular flexibility index (Phi) is 3.60. The summed E-state index contributed by atoms with van der Waals surface area (Å²) in [5, 5.41) is 1.38. The van der Waals surface area contributed by atoms with Crippen LogP contribution >= 0.6 is 0 Å². The molecule has 0 aliphatic carbocycles. The van der Waals surface area contributed by atoms with Crippen molar-refractivity contribution in [2.45, 2.75) is 52.7 Å². The molecule has 0 saturated carbocycles. The SMILES string of the molecule is CC(C)[C@H]1CCON1C(=O)OC(C)(C)C. The summed E-state index contributed by atoms with van der Waals surface area (Å²) in [6.45, 7) is 10.3. The lowest BCUT2D eigenvalue weighted by Gasteiger charge is -2.28. The number of rotatable bonds is 1. The Morgan fingerprint density at radius 2 is 2.07 bits per heavy atom. The second-order valence-electron chi connectivity index (χ2n) is 5.24. The molecule has 1 heterocycles. The monoisotopic (exact) mass is 215 g/mol. The molecule has 0 radical (unpaired) electrons. The molecule has 4 nitrogen and oxygen atoms in total. The van der Waals surface area contributed by atoms with Crippen LogP contribution in [0.2, 0.25) is 0 Å². The first-order valence-electron chi connectivity index (χ1n) is 5.46. The lowest BCUT2D eigenvalue weighted by atomic mass is 10.0. The largest absolute Gasteiger partial charge is 0.442 e. The highest BCUT2D eigenvalue weighted by Gasteiger charge is 2.35. The number of carbonyl (C=O) groups excluding carboxylic acids is 1. The van der Waals surface area contributed by atoms with E-state index in [-0.39, 0.29) is 12.1 Å². The highest BCUT2D eigenvalue weighted by molar-refractivity contribution is 5.67. The highest BCUT2D eigenvalue weighted by atomic mass is 16.7. The summed E-state index contributed by atoms with van der Waals surface area (Å²) in [6.07, 6.45) is 0.510. The normalized spacial score (nSPS) is 22.3. The van der Waals surface area contributed by atoms with Crippen LogP contribution in [0.4, 0.5) is 4.79 Å².